The van der Waals surface area contributed by atoms with Crippen LogP contribution in [0.2, 0.25) is 0 Å². The first-order valence-corrected chi connectivity index (χ1v) is 13.6. The van der Waals surface area contributed by atoms with E-state index < -0.39 is 22.7 Å². The average Bonchev–Trinajstić information content (AvgIpc) is 3.38. The van der Waals surface area contributed by atoms with Gasteiger partial charge in [-0.15, -0.1) is 0 Å². The normalized spacial score (nSPS) is 11.7. The zero-order valence-corrected chi connectivity index (χ0v) is 24.5. The van der Waals surface area contributed by atoms with E-state index in [2.05, 4.69) is 15.4 Å². The van der Waals surface area contributed by atoms with E-state index in [0.29, 0.717) is 15.8 Å². The van der Waals surface area contributed by atoms with Crippen molar-refractivity contribution in [1.29, 1.82) is 0 Å². The molecule has 44 heavy (non-hydrogen) atoms. The number of nitro benzene ring substituents is 1. The Labute approximate surface area is 250 Å². The van der Waals surface area contributed by atoms with Crippen LogP contribution >= 0.6 is 0 Å². The smallest absolute Gasteiger partial charge is 0.433 e. The lowest BCUT2D eigenvalue weighted by Crippen LogP contribution is -2.16. The molecule has 0 saturated heterocycles. The maximum atomic E-state index is 14.1. The number of amides is 1. The molecule has 5 rings (SSSR count). The van der Waals surface area contributed by atoms with E-state index in [4.69, 9.17) is 4.74 Å². The number of nitrogens with one attached hydrogen (secondary N) is 1. The van der Waals surface area contributed by atoms with Gasteiger partial charge in [-0.2, -0.15) is 18.3 Å². The third kappa shape index (κ3) is 6.10. The van der Waals surface area contributed by atoms with Crippen LogP contribution in [0.4, 0.5) is 24.5 Å². The van der Waals surface area contributed by atoms with Crippen LogP contribution in [-0.4, -0.2) is 25.4 Å². The number of hydrogen-bond donors (Lipinski definition) is 1. The molecule has 9 nitrogen and oxygen atoms in total. The molecular weight excluding hydrogens is 575 g/mol. The highest BCUT2D eigenvalue weighted by Gasteiger charge is 2.36. The van der Waals surface area contributed by atoms with Crippen molar-refractivity contribution in [2.75, 3.05) is 5.32 Å². The number of nitrogens with zero attached hydrogens (tertiary/aromatic N) is 4. The summed E-state index contributed by atoms with van der Waals surface area (Å²) in [5.74, 6) is -0.0604. The van der Waals surface area contributed by atoms with Crippen molar-refractivity contribution in [2.24, 2.45) is 0 Å². The Hall–Kier alpha value is -5.26. The van der Waals surface area contributed by atoms with E-state index in [9.17, 15) is 28.1 Å². The van der Waals surface area contributed by atoms with Gasteiger partial charge >= 0.3 is 6.18 Å². The summed E-state index contributed by atoms with van der Waals surface area (Å²) in [7, 11) is 0. The highest BCUT2D eigenvalue weighted by atomic mass is 19.4. The van der Waals surface area contributed by atoms with E-state index in [1.165, 1.54) is 12.1 Å². The molecule has 5 aromatic rings. The van der Waals surface area contributed by atoms with E-state index in [1.807, 2.05) is 52.8 Å². The van der Waals surface area contributed by atoms with Crippen molar-refractivity contribution in [3.8, 4) is 22.8 Å². The Kier molecular flexibility index (Phi) is 7.85. The molecule has 0 aliphatic carbocycles. The molecule has 0 unspecified atom stereocenters. The molecule has 0 fully saturated rings. The lowest BCUT2D eigenvalue weighted by atomic mass is 10.0. The molecule has 226 valence electrons. The van der Waals surface area contributed by atoms with Crippen molar-refractivity contribution in [2.45, 2.75) is 46.7 Å². The minimum absolute atomic E-state index is 0.00273. The summed E-state index contributed by atoms with van der Waals surface area (Å²) in [5.41, 5.74) is 2.11. The maximum absolute atomic E-state index is 14.1. The van der Waals surface area contributed by atoms with Gasteiger partial charge in [-0.3, -0.25) is 14.9 Å². The molecule has 0 aliphatic rings. The summed E-state index contributed by atoms with van der Waals surface area (Å²) in [6.45, 7) is 9.65. The molecule has 0 aliphatic heterocycles. The number of aryl methyl sites for hydroxylation is 2. The topological polar surface area (TPSA) is 112 Å². The van der Waals surface area contributed by atoms with E-state index >= 15 is 0 Å². The molecule has 2 heterocycles. The predicted octanol–water partition coefficient (Wildman–Crippen LogP) is 8.42. The summed E-state index contributed by atoms with van der Waals surface area (Å²) in [6.07, 6.45) is -3.82. The first kappa shape index (κ1) is 30.2. The first-order valence-electron chi connectivity index (χ1n) is 13.6. The summed E-state index contributed by atoms with van der Waals surface area (Å²) in [6, 6.07) is 15.3. The van der Waals surface area contributed by atoms with Crippen LogP contribution in [0.25, 0.3) is 16.9 Å². The second kappa shape index (κ2) is 11.4. The second-order valence-corrected chi connectivity index (χ2v) is 10.8. The van der Waals surface area contributed by atoms with Gasteiger partial charge in [-0.25, -0.2) is 9.50 Å². The van der Waals surface area contributed by atoms with Gasteiger partial charge in [0.1, 0.15) is 17.1 Å². The SMILES string of the molecule is Cc1cc(C)c(C)c(Oc2cc(NC(=O)c3cnn4c(C(F)(F)F)cc(-c5ccc(C(C)C)cc5)nc34)cc([N+](=O)[O-])c2)c1. The number of benzene rings is 3. The minimum atomic E-state index is -4.80. The quantitative estimate of drug-likeness (QED) is 0.148. The summed E-state index contributed by atoms with van der Waals surface area (Å²) < 4.78 is 48.8. The minimum Gasteiger partial charge on any atom is -0.457 e. The number of carbonyl (C=O) groups excluding carboxylic acids is 1. The molecule has 0 spiro atoms. The van der Waals surface area contributed by atoms with Gasteiger partial charge in [0.25, 0.3) is 11.6 Å². The van der Waals surface area contributed by atoms with Crippen molar-refractivity contribution in [3.63, 3.8) is 0 Å². The number of ether oxygens (including phenoxy) is 1. The van der Waals surface area contributed by atoms with Gasteiger partial charge in [-0.05, 0) is 61.1 Å². The lowest BCUT2D eigenvalue weighted by Gasteiger charge is -2.14. The molecule has 0 bridgehead atoms. The van der Waals surface area contributed by atoms with E-state index in [-0.39, 0.29) is 39.9 Å². The monoisotopic (exact) mass is 603 g/mol. The Morgan fingerprint density at radius 3 is 2.36 bits per heavy atom. The summed E-state index contributed by atoms with van der Waals surface area (Å²) in [5, 5.41) is 18.0. The number of carbonyl (C=O) groups is 1. The Morgan fingerprint density at radius 2 is 1.73 bits per heavy atom. The molecule has 0 saturated carbocycles. The molecule has 0 atom stereocenters. The van der Waals surface area contributed by atoms with Crippen molar-refractivity contribution >= 4 is 22.9 Å². The van der Waals surface area contributed by atoms with Crippen LogP contribution in [-0.2, 0) is 6.18 Å². The predicted molar refractivity (Wildman–Crippen MR) is 159 cm³/mol. The summed E-state index contributed by atoms with van der Waals surface area (Å²) >= 11 is 0. The second-order valence-electron chi connectivity index (χ2n) is 10.8. The Morgan fingerprint density at radius 1 is 1.02 bits per heavy atom. The molecule has 12 heteroatoms. The van der Waals surface area contributed by atoms with Gasteiger partial charge in [0.2, 0.25) is 0 Å². The maximum Gasteiger partial charge on any atom is 0.433 e. The van der Waals surface area contributed by atoms with Crippen LogP contribution in [0.5, 0.6) is 11.5 Å². The van der Waals surface area contributed by atoms with Gasteiger partial charge in [0.05, 0.1) is 28.6 Å². The van der Waals surface area contributed by atoms with Crippen molar-refractivity contribution in [1.82, 2.24) is 14.6 Å². The number of anilines is 1. The number of alkyl halides is 3. The third-order valence-electron chi connectivity index (χ3n) is 7.23. The zero-order chi connectivity index (χ0) is 31.9. The largest absolute Gasteiger partial charge is 0.457 e. The number of non-ortho nitro benzene ring substituents is 1. The average molecular weight is 604 g/mol. The number of fused-ring (bicyclic) bond motifs is 1. The number of rotatable bonds is 7. The highest BCUT2D eigenvalue weighted by Crippen LogP contribution is 2.35. The Bertz CT molecular complexity index is 1910. The molecule has 1 amide bonds. The molecule has 0 radical (unpaired) electrons. The first-order chi connectivity index (χ1) is 20.7. The zero-order valence-electron chi connectivity index (χ0n) is 24.5. The van der Waals surface area contributed by atoms with E-state index in [0.717, 1.165) is 40.6 Å². The fraction of sp³-hybridized carbons (Fsp3) is 0.219. The van der Waals surface area contributed by atoms with Gasteiger partial charge < -0.3 is 10.1 Å². The molecule has 1 N–H and O–H groups in total. The van der Waals surface area contributed by atoms with Crippen molar-refractivity contribution in [3.05, 3.63) is 110 Å². The third-order valence-corrected chi connectivity index (χ3v) is 7.23. The van der Waals surface area contributed by atoms with Crippen molar-refractivity contribution < 1.29 is 27.6 Å². The lowest BCUT2D eigenvalue weighted by molar-refractivity contribution is -0.384. The molecule has 2 aromatic heterocycles. The van der Waals surface area contributed by atoms with Crippen LogP contribution in [0.3, 0.4) is 0 Å². The fourth-order valence-electron chi connectivity index (χ4n) is 4.76. The van der Waals surface area contributed by atoms with Crippen LogP contribution < -0.4 is 10.1 Å². The molecule has 3 aromatic carbocycles. The number of aromatic nitrogens is 3. The van der Waals surface area contributed by atoms with Gasteiger partial charge in [-0.1, -0.05) is 44.2 Å². The Balaban J connectivity index is 1.54. The number of halogens is 3. The summed E-state index contributed by atoms with van der Waals surface area (Å²) in [4.78, 5) is 28.8. The van der Waals surface area contributed by atoms with Gasteiger partial charge in [0, 0.05) is 17.7 Å². The van der Waals surface area contributed by atoms with E-state index in [1.54, 1.807) is 18.2 Å². The van der Waals surface area contributed by atoms with Gasteiger partial charge in [0.15, 0.2) is 11.3 Å². The van der Waals surface area contributed by atoms with Crippen LogP contribution in [0.1, 0.15) is 58.1 Å². The highest BCUT2D eigenvalue weighted by molar-refractivity contribution is 6.08. The van der Waals surface area contributed by atoms with Crippen LogP contribution in [0.15, 0.2) is 66.9 Å². The standard InChI is InChI=1S/C32H28F3N5O4/c1-17(2)21-6-8-22(9-7-21)27-15-29(32(33,34)35)39-30(38-27)26(16-36-39)31(41)37-23-12-24(40(42)43)14-25(13-23)44-28-11-18(3)10-19(4)20(28)5/h6-17H,1-5H3,(H,37,41). The molecular formula is C32H28F3N5O4. The fourth-order valence-corrected chi connectivity index (χ4v) is 4.76. The van der Waals surface area contributed by atoms with Crippen LogP contribution in [0, 0.1) is 30.9 Å². The number of hydrogen-bond acceptors (Lipinski definition) is 6. The number of nitro groups is 1.